The first-order valence-corrected chi connectivity index (χ1v) is 8.19. The summed E-state index contributed by atoms with van der Waals surface area (Å²) in [6.07, 6.45) is 1.84. The van der Waals surface area contributed by atoms with E-state index in [1.807, 2.05) is 13.8 Å². The number of ether oxygens (including phenoxy) is 1. The molecule has 2 atom stereocenters. The molecule has 2 N–H and O–H groups in total. The summed E-state index contributed by atoms with van der Waals surface area (Å²) >= 11 is 0. The maximum atomic E-state index is 5.67. The van der Waals surface area contributed by atoms with Crippen molar-refractivity contribution < 1.29 is 9.26 Å². The Hall–Kier alpha value is -1.56. The van der Waals surface area contributed by atoms with Crippen LogP contribution in [0.15, 0.2) is 9.52 Å². The van der Waals surface area contributed by atoms with Crippen LogP contribution in [-0.4, -0.2) is 43.5 Å². The van der Waals surface area contributed by atoms with Gasteiger partial charge in [0.15, 0.2) is 5.96 Å². The van der Waals surface area contributed by atoms with Gasteiger partial charge in [0.1, 0.15) is 5.76 Å². The topological polar surface area (TPSA) is 71.7 Å². The highest BCUT2D eigenvalue weighted by atomic mass is 16.5. The maximum Gasteiger partial charge on any atom is 0.191 e. The summed E-state index contributed by atoms with van der Waals surface area (Å²) in [6, 6.07) is 0.345. The molecule has 1 aromatic rings. The standard InChI is InChI=1S/C17H30N4O2/c1-11-13(12(2)23-21-11)8-9-19-15(18-6)20-14-10-17(5,22-7)16(14,3)4/h14H,8-10H2,1-7H3,(H2,18,19,20). The van der Waals surface area contributed by atoms with E-state index in [1.165, 1.54) is 5.56 Å². The number of hydrogen-bond acceptors (Lipinski definition) is 4. The van der Waals surface area contributed by atoms with Crippen LogP contribution in [0.5, 0.6) is 0 Å². The van der Waals surface area contributed by atoms with Crippen molar-refractivity contribution in [3.05, 3.63) is 17.0 Å². The zero-order valence-corrected chi connectivity index (χ0v) is 15.4. The number of guanidine groups is 1. The largest absolute Gasteiger partial charge is 0.378 e. The molecule has 6 heteroatoms. The minimum Gasteiger partial charge on any atom is -0.378 e. The summed E-state index contributed by atoms with van der Waals surface area (Å²) in [5.74, 6) is 1.72. The number of rotatable bonds is 5. The van der Waals surface area contributed by atoms with Crippen molar-refractivity contribution >= 4 is 5.96 Å². The van der Waals surface area contributed by atoms with Crippen molar-refractivity contribution in [1.29, 1.82) is 0 Å². The quantitative estimate of drug-likeness (QED) is 0.642. The van der Waals surface area contributed by atoms with E-state index in [1.54, 1.807) is 14.2 Å². The number of aliphatic imine (C=N–C) groups is 1. The Balaban J connectivity index is 1.86. The van der Waals surface area contributed by atoms with Crippen LogP contribution in [0.4, 0.5) is 0 Å². The fraction of sp³-hybridized carbons (Fsp3) is 0.765. The lowest BCUT2D eigenvalue weighted by Gasteiger charge is -2.59. The lowest BCUT2D eigenvalue weighted by atomic mass is 9.56. The highest BCUT2D eigenvalue weighted by Gasteiger charge is 2.58. The number of hydrogen-bond donors (Lipinski definition) is 2. The fourth-order valence-corrected chi connectivity index (χ4v) is 3.25. The summed E-state index contributed by atoms with van der Waals surface area (Å²) in [5.41, 5.74) is 2.11. The smallest absolute Gasteiger partial charge is 0.191 e. The summed E-state index contributed by atoms with van der Waals surface area (Å²) in [5, 5.41) is 10.9. The first kappa shape index (κ1) is 17.8. The van der Waals surface area contributed by atoms with Gasteiger partial charge in [-0.3, -0.25) is 4.99 Å². The van der Waals surface area contributed by atoms with Crippen LogP contribution in [0.3, 0.4) is 0 Å². The van der Waals surface area contributed by atoms with E-state index in [9.17, 15) is 0 Å². The molecule has 23 heavy (non-hydrogen) atoms. The number of aryl methyl sites for hydroxylation is 2. The Labute approximate surface area is 139 Å². The summed E-state index contributed by atoms with van der Waals surface area (Å²) < 4.78 is 10.9. The lowest BCUT2D eigenvalue weighted by Crippen LogP contribution is -2.69. The predicted octanol–water partition coefficient (Wildman–Crippen LogP) is 2.20. The van der Waals surface area contributed by atoms with Crippen LogP contribution >= 0.6 is 0 Å². The number of nitrogens with zero attached hydrogens (tertiary/aromatic N) is 2. The van der Waals surface area contributed by atoms with E-state index in [0.717, 1.165) is 36.8 Å². The highest BCUT2D eigenvalue weighted by molar-refractivity contribution is 5.80. The van der Waals surface area contributed by atoms with Gasteiger partial charge in [0.2, 0.25) is 0 Å². The number of aromatic nitrogens is 1. The molecular formula is C17H30N4O2. The average molecular weight is 322 g/mol. The van der Waals surface area contributed by atoms with Crippen molar-refractivity contribution in [1.82, 2.24) is 15.8 Å². The van der Waals surface area contributed by atoms with Crippen LogP contribution in [-0.2, 0) is 11.2 Å². The average Bonchev–Trinajstić information content (AvgIpc) is 2.84. The van der Waals surface area contributed by atoms with Gasteiger partial charge in [0.05, 0.1) is 11.3 Å². The van der Waals surface area contributed by atoms with E-state index in [2.05, 4.69) is 41.6 Å². The van der Waals surface area contributed by atoms with E-state index in [4.69, 9.17) is 9.26 Å². The molecule has 1 heterocycles. The Kier molecular flexibility index (Phi) is 5.04. The molecule has 2 rings (SSSR count). The number of nitrogens with one attached hydrogen (secondary N) is 2. The molecule has 0 aromatic carbocycles. The molecular weight excluding hydrogens is 292 g/mol. The van der Waals surface area contributed by atoms with Crippen LogP contribution in [0.25, 0.3) is 0 Å². The minimum atomic E-state index is -0.0831. The van der Waals surface area contributed by atoms with Gasteiger partial charge < -0.3 is 19.9 Å². The van der Waals surface area contributed by atoms with Crippen LogP contribution in [0.2, 0.25) is 0 Å². The van der Waals surface area contributed by atoms with Gasteiger partial charge in [-0.15, -0.1) is 0 Å². The van der Waals surface area contributed by atoms with Crippen LogP contribution in [0.1, 0.15) is 44.2 Å². The molecule has 0 saturated heterocycles. The first-order chi connectivity index (χ1) is 10.7. The summed E-state index contributed by atoms with van der Waals surface area (Å²) in [7, 11) is 3.58. The lowest BCUT2D eigenvalue weighted by molar-refractivity contribution is -0.176. The summed E-state index contributed by atoms with van der Waals surface area (Å²) in [4.78, 5) is 4.33. The molecule has 0 radical (unpaired) electrons. The Morgan fingerprint density at radius 3 is 2.57 bits per heavy atom. The molecule has 1 aliphatic carbocycles. The third kappa shape index (κ3) is 3.22. The molecule has 0 bridgehead atoms. The second-order valence-corrected chi connectivity index (χ2v) is 7.11. The van der Waals surface area contributed by atoms with Crippen LogP contribution < -0.4 is 10.6 Å². The molecule has 6 nitrogen and oxygen atoms in total. The van der Waals surface area contributed by atoms with Gasteiger partial charge in [-0.25, -0.2) is 0 Å². The molecule has 0 aliphatic heterocycles. The zero-order valence-electron chi connectivity index (χ0n) is 15.4. The predicted molar refractivity (Wildman–Crippen MR) is 91.8 cm³/mol. The second kappa shape index (κ2) is 6.51. The third-order valence-electron chi connectivity index (χ3n) is 5.66. The van der Waals surface area contributed by atoms with Gasteiger partial charge in [-0.05, 0) is 33.6 Å². The molecule has 130 valence electrons. The molecule has 1 aromatic heterocycles. The van der Waals surface area contributed by atoms with Gasteiger partial charge in [-0.2, -0.15) is 0 Å². The van der Waals surface area contributed by atoms with E-state index in [-0.39, 0.29) is 11.0 Å². The van der Waals surface area contributed by atoms with E-state index < -0.39 is 0 Å². The normalized spacial score (nSPS) is 26.7. The van der Waals surface area contributed by atoms with Gasteiger partial charge in [0, 0.05) is 37.7 Å². The Morgan fingerprint density at radius 2 is 2.09 bits per heavy atom. The monoisotopic (exact) mass is 322 g/mol. The van der Waals surface area contributed by atoms with Crippen molar-refractivity contribution in [2.45, 2.75) is 59.1 Å². The third-order valence-corrected chi connectivity index (χ3v) is 5.66. The molecule has 1 saturated carbocycles. The van der Waals surface area contributed by atoms with Gasteiger partial charge in [0.25, 0.3) is 0 Å². The SMILES string of the molecule is CN=C(NCCc1c(C)noc1C)NC1CC(C)(OC)C1(C)C. The molecule has 1 fully saturated rings. The van der Waals surface area contributed by atoms with Crippen molar-refractivity contribution in [3.63, 3.8) is 0 Å². The van der Waals surface area contributed by atoms with E-state index in [0.29, 0.717) is 6.04 Å². The van der Waals surface area contributed by atoms with Gasteiger partial charge in [-0.1, -0.05) is 19.0 Å². The van der Waals surface area contributed by atoms with Crippen molar-refractivity contribution in [3.8, 4) is 0 Å². The highest BCUT2D eigenvalue weighted by Crippen LogP contribution is 2.51. The Morgan fingerprint density at radius 1 is 1.39 bits per heavy atom. The number of methoxy groups -OCH3 is 1. The zero-order chi connectivity index (χ0) is 17.3. The van der Waals surface area contributed by atoms with Crippen LogP contribution in [0, 0.1) is 19.3 Å². The minimum absolute atomic E-state index is 0.0566. The molecule has 0 amide bonds. The molecule has 2 unspecified atom stereocenters. The van der Waals surface area contributed by atoms with Gasteiger partial charge >= 0.3 is 0 Å². The maximum absolute atomic E-state index is 5.67. The van der Waals surface area contributed by atoms with Crippen molar-refractivity contribution in [2.24, 2.45) is 10.4 Å². The summed E-state index contributed by atoms with van der Waals surface area (Å²) in [6.45, 7) is 11.3. The Bertz CT molecular complexity index is 560. The first-order valence-electron chi connectivity index (χ1n) is 8.19. The van der Waals surface area contributed by atoms with Crippen molar-refractivity contribution in [2.75, 3.05) is 20.7 Å². The fourth-order valence-electron chi connectivity index (χ4n) is 3.25. The molecule has 0 spiro atoms. The molecule has 1 aliphatic rings. The van der Waals surface area contributed by atoms with E-state index >= 15 is 0 Å². The second-order valence-electron chi connectivity index (χ2n) is 7.11.